The Morgan fingerprint density at radius 1 is 1.35 bits per heavy atom. The molecule has 1 fully saturated rings. The number of hydrogen-bond acceptors (Lipinski definition) is 2. The zero-order valence-corrected chi connectivity index (χ0v) is 12.1. The number of aryl methyl sites for hydroxylation is 1. The fourth-order valence-electron chi connectivity index (χ4n) is 2.96. The first-order valence-corrected chi connectivity index (χ1v) is 7.65. The zero-order valence-electron chi connectivity index (χ0n) is 11.3. The van der Waals surface area contributed by atoms with Gasteiger partial charge in [-0.15, -0.1) is 11.3 Å². The summed E-state index contributed by atoms with van der Waals surface area (Å²) in [7, 11) is 0. The third-order valence-electron chi connectivity index (χ3n) is 4.10. The van der Waals surface area contributed by atoms with Gasteiger partial charge in [0.15, 0.2) is 0 Å². The van der Waals surface area contributed by atoms with Crippen LogP contribution in [0.1, 0.15) is 49.8 Å². The highest BCUT2D eigenvalue weighted by Gasteiger charge is 2.33. The van der Waals surface area contributed by atoms with Gasteiger partial charge in [0.2, 0.25) is 0 Å². The van der Waals surface area contributed by atoms with Gasteiger partial charge in [0.05, 0.1) is 0 Å². The van der Waals surface area contributed by atoms with Gasteiger partial charge in [-0.25, -0.2) is 0 Å². The largest absolute Gasteiger partial charge is 0.327 e. The minimum absolute atomic E-state index is 0.412. The molecule has 17 heavy (non-hydrogen) atoms. The molecule has 0 bridgehead atoms. The van der Waals surface area contributed by atoms with Crippen LogP contribution in [0.15, 0.2) is 12.1 Å². The minimum atomic E-state index is 0.412. The summed E-state index contributed by atoms with van der Waals surface area (Å²) in [6, 6.07) is 4.99. The summed E-state index contributed by atoms with van der Waals surface area (Å²) in [5.74, 6) is 0.683. The molecule has 1 aliphatic rings. The van der Waals surface area contributed by atoms with Gasteiger partial charge in [-0.2, -0.15) is 0 Å². The van der Waals surface area contributed by atoms with Gasteiger partial charge in [0.1, 0.15) is 0 Å². The van der Waals surface area contributed by atoms with E-state index in [1.165, 1.54) is 35.4 Å². The molecule has 0 aliphatic heterocycles. The standard InChI is InChI=1S/C15H25NS/c1-4-12-5-6-13(17-12)9-11-10-15(2,3)8-7-14(11)16/h5-6,11,14H,4,7-10,16H2,1-3H3. The van der Waals surface area contributed by atoms with Crippen LogP contribution in [0, 0.1) is 11.3 Å². The second-order valence-electron chi connectivity index (χ2n) is 6.26. The van der Waals surface area contributed by atoms with Crippen molar-refractivity contribution in [3.8, 4) is 0 Å². The van der Waals surface area contributed by atoms with Crippen LogP contribution in [0.4, 0.5) is 0 Å². The molecule has 2 atom stereocenters. The van der Waals surface area contributed by atoms with E-state index in [0.29, 0.717) is 17.4 Å². The van der Waals surface area contributed by atoms with Crippen molar-refractivity contribution in [3.63, 3.8) is 0 Å². The van der Waals surface area contributed by atoms with E-state index >= 15 is 0 Å². The molecular formula is C15H25NS. The van der Waals surface area contributed by atoms with Crippen LogP contribution in [0.3, 0.4) is 0 Å². The molecule has 0 amide bonds. The predicted octanol–water partition coefficient (Wildman–Crippen LogP) is 4.01. The summed E-state index contributed by atoms with van der Waals surface area (Å²) in [5, 5.41) is 0. The lowest BCUT2D eigenvalue weighted by atomic mass is 9.69. The van der Waals surface area contributed by atoms with Gasteiger partial charge >= 0.3 is 0 Å². The van der Waals surface area contributed by atoms with Crippen molar-refractivity contribution < 1.29 is 0 Å². The first-order valence-electron chi connectivity index (χ1n) is 6.83. The Kier molecular flexibility index (Phi) is 3.94. The lowest BCUT2D eigenvalue weighted by Gasteiger charge is -2.39. The lowest BCUT2D eigenvalue weighted by molar-refractivity contribution is 0.157. The highest BCUT2D eigenvalue weighted by Crippen LogP contribution is 2.39. The molecule has 2 N–H and O–H groups in total. The molecule has 0 saturated heterocycles. The van der Waals surface area contributed by atoms with E-state index in [9.17, 15) is 0 Å². The van der Waals surface area contributed by atoms with E-state index in [4.69, 9.17) is 5.73 Å². The first-order chi connectivity index (χ1) is 8.00. The summed E-state index contributed by atoms with van der Waals surface area (Å²) in [4.78, 5) is 3.03. The molecule has 1 aliphatic carbocycles. The first kappa shape index (κ1) is 13.1. The molecule has 0 aromatic carbocycles. The molecule has 1 aromatic heterocycles. The van der Waals surface area contributed by atoms with Crippen molar-refractivity contribution >= 4 is 11.3 Å². The SMILES string of the molecule is CCc1ccc(CC2CC(C)(C)CCC2N)s1. The van der Waals surface area contributed by atoms with E-state index in [0.717, 1.165) is 6.42 Å². The average Bonchev–Trinajstić information content (AvgIpc) is 2.71. The van der Waals surface area contributed by atoms with Crippen LogP contribution >= 0.6 is 11.3 Å². The molecule has 2 rings (SSSR count). The predicted molar refractivity (Wildman–Crippen MR) is 76.5 cm³/mol. The summed E-state index contributed by atoms with van der Waals surface area (Å²) in [5.41, 5.74) is 6.78. The molecule has 1 heterocycles. The van der Waals surface area contributed by atoms with Gasteiger partial charge in [0.25, 0.3) is 0 Å². The molecule has 2 unspecified atom stereocenters. The highest BCUT2D eigenvalue weighted by molar-refractivity contribution is 7.11. The Morgan fingerprint density at radius 3 is 2.71 bits per heavy atom. The maximum absolute atomic E-state index is 6.29. The molecule has 1 nitrogen and oxygen atoms in total. The Hall–Kier alpha value is -0.340. The van der Waals surface area contributed by atoms with E-state index < -0.39 is 0 Å². The zero-order chi connectivity index (χ0) is 12.5. The number of nitrogens with two attached hydrogens (primary N) is 1. The highest BCUT2D eigenvalue weighted by atomic mass is 32.1. The second-order valence-corrected chi connectivity index (χ2v) is 7.51. The van der Waals surface area contributed by atoms with E-state index in [1.807, 2.05) is 11.3 Å². The number of thiophene rings is 1. The van der Waals surface area contributed by atoms with Gasteiger partial charge in [-0.05, 0) is 55.6 Å². The Balaban J connectivity index is 2.01. The Labute approximate surface area is 109 Å². The van der Waals surface area contributed by atoms with Gasteiger partial charge in [-0.1, -0.05) is 20.8 Å². The quantitative estimate of drug-likeness (QED) is 0.863. The topological polar surface area (TPSA) is 26.0 Å². The van der Waals surface area contributed by atoms with E-state index in [-0.39, 0.29) is 0 Å². The fourth-order valence-corrected chi connectivity index (χ4v) is 4.01. The molecule has 0 radical (unpaired) electrons. The van der Waals surface area contributed by atoms with Crippen LogP contribution in [0.5, 0.6) is 0 Å². The van der Waals surface area contributed by atoms with Gasteiger partial charge in [0, 0.05) is 15.8 Å². The van der Waals surface area contributed by atoms with Crippen molar-refractivity contribution in [3.05, 3.63) is 21.9 Å². The summed E-state index contributed by atoms with van der Waals surface area (Å²) < 4.78 is 0. The lowest BCUT2D eigenvalue weighted by Crippen LogP contribution is -2.40. The summed E-state index contributed by atoms with van der Waals surface area (Å²) in [6.07, 6.45) is 6.12. The molecule has 1 aromatic rings. The molecule has 1 saturated carbocycles. The number of rotatable bonds is 3. The Morgan fingerprint density at radius 2 is 2.06 bits per heavy atom. The second kappa shape index (κ2) is 5.11. The van der Waals surface area contributed by atoms with Gasteiger partial charge in [-0.3, -0.25) is 0 Å². The van der Waals surface area contributed by atoms with Crippen LogP contribution in [-0.2, 0) is 12.8 Å². The molecule has 96 valence electrons. The van der Waals surface area contributed by atoms with Crippen molar-refractivity contribution in [1.82, 2.24) is 0 Å². The normalized spacial score (nSPS) is 28.2. The van der Waals surface area contributed by atoms with Crippen molar-refractivity contribution in [2.24, 2.45) is 17.1 Å². The average molecular weight is 251 g/mol. The van der Waals surface area contributed by atoms with E-state index in [1.54, 1.807) is 0 Å². The Bertz CT molecular complexity index is 367. The maximum Gasteiger partial charge on any atom is 0.00710 e. The summed E-state index contributed by atoms with van der Waals surface area (Å²) in [6.45, 7) is 7.00. The molecular weight excluding hydrogens is 226 g/mol. The van der Waals surface area contributed by atoms with Crippen LogP contribution in [0.2, 0.25) is 0 Å². The van der Waals surface area contributed by atoms with Crippen LogP contribution in [0.25, 0.3) is 0 Å². The van der Waals surface area contributed by atoms with Crippen molar-refractivity contribution in [2.45, 2.75) is 58.9 Å². The monoisotopic (exact) mass is 251 g/mol. The minimum Gasteiger partial charge on any atom is -0.327 e. The van der Waals surface area contributed by atoms with E-state index in [2.05, 4.69) is 32.9 Å². The smallest absolute Gasteiger partial charge is 0.00710 e. The van der Waals surface area contributed by atoms with Gasteiger partial charge < -0.3 is 5.73 Å². The van der Waals surface area contributed by atoms with Crippen molar-refractivity contribution in [2.75, 3.05) is 0 Å². The number of hydrogen-bond donors (Lipinski definition) is 1. The van der Waals surface area contributed by atoms with Crippen molar-refractivity contribution in [1.29, 1.82) is 0 Å². The molecule has 2 heteroatoms. The maximum atomic E-state index is 6.29. The van der Waals surface area contributed by atoms with Crippen LogP contribution in [-0.4, -0.2) is 6.04 Å². The van der Waals surface area contributed by atoms with Crippen LogP contribution < -0.4 is 5.73 Å². The fraction of sp³-hybridized carbons (Fsp3) is 0.733. The third-order valence-corrected chi connectivity index (χ3v) is 5.36. The molecule has 0 spiro atoms. The summed E-state index contributed by atoms with van der Waals surface area (Å²) >= 11 is 1.97. The third kappa shape index (κ3) is 3.32.